The molecule has 0 radical (unpaired) electrons. The maximum Gasteiger partial charge on any atom is 0.146 e. The maximum absolute atomic E-state index is 4.30. The predicted molar refractivity (Wildman–Crippen MR) is 65.2 cm³/mol. The Hall–Kier alpha value is -1.21. The zero-order valence-corrected chi connectivity index (χ0v) is 11.1. The number of hydrogen-bond acceptors (Lipinski definition) is 4. The molecule has 0 aromatic carbocycles. The molecule has 1 saturated heterocycles. The molecule has 7 heteroatoms. The van der Waals surface area contributed by atoms with Crippen LogP contribution in [0.1, 0.15) is 11.9 Å². The van der Waals surface area contributed by atoms with Crippen LogP contribution < -0.4 is 0 Å². The van der Waals surface area contributed by atoms with Gasteiger partial charge in [-0.15, -0.1) is 10.2 Å². The highest BCUT2D eigenvalue weighted by atomic mass is 79.9. The summed E-state index contributed by atoms with van der Waals surface area (Å²) < 4.78 is 5.00. The molecule has 0 amide bonds. The first kappa shape index (κ1) is 10.9. The van der Waals surface area contributed by atoms with E-state index in [1.807, 2.05) is 28.7 Å². The van der Waals surface area contributed by atoms with Crippen LogP contribution in [-0.2, 0) is 13.6 Å². The summed E-state index contributed by atoms with van der Waals surface area (Å²) in [5.41, 5.74) is 0. The van der Waals surface area contributed by atoms with Gasteiger partial charge in [0.1, 0.15) is 12.2 Å². The molecule has 3 rings (SSSR count). The average Bonchev–Trinajstić information content (AvgIpc) is 2.81. The molecule has 90 valence electrons. The van der Waals surface area contributed by atoms with Crippen molar-refractivity contribution in [3.8, 4) is 0 Å². The standard InChI is InChI=1S/C10H13BrN6/c1-15-7-12-14-10(15)6-16-4-9(5-16)17-3-8(11)2-13-17/h2-3,7,9H,4-6H2,1H3. The number of aromatic nitrogens is 5. The molecule has 0 bridgehead atoms. The van der Waals surface area contributed by atoms with Gasteiger partial charge < -0.3 is 4.57 Å². The summed E-state index contributed by atoms with van der Waals surface area (Å²) in [7, 11) is 1.97. The van der Waals surface area contributed by atoms with Crippen LogP contribution in [0.3, 0.4) is 0 Å². The van der Waals surface area contributed by atoms with Crippen molar-refractivity contribution in [1.82, 2.24) is 29.4 Å². The molecule has 0 aliphatic carbocycles. The van der Waals surface area contributed by atoms with Crippen molar-refractivity contribution in [1.29, 1.82) is 0 Å². The first-order chi connectivity index (χ1) is 8.22. The summed E-state index contributed by atoms with van der Waals surface area (Å²) in [4.78, 5) is 2.34. The van der Waals surface area contributed by atoms with Crippen LogP contribution >= 0.6 is 15.9 Å². The third-order valence-electron chi connectivity index (χ3n) is 3.05. The summed E-state index contributed by atoms with van der Waals surface area (Å²) in [6.07, 6.45) is 5.58. The fourth-order valence-corrected chi connectivity index (χ4v) is 2.31. The number of aryl methyl sites for hydroxylation is 1. The van der Waals surface area contributed by atoms with Crippen molar-refractivity contribution in [3.05, 3.63) is 29.0 Å². The zero-order valence-electron chi connectivity index (χ0n) is 9.49. The second kappa shape index (κ2) is 4.23. The van der Waals surface area contributed by atoms with E-state index in [-0.39, 0.29) is 0 Å². The Morgan fingerprint density at radius 3 is 2.88 bits per heavy atom. The summed E-state index contributed by atoms with van der Waals surface area (Å²) in [5.74, 6) is 1.00. The van der Waals surface area contributed by atoms with Crippen molar-refractivity contribution in [3.63, 3.8) is 0 Å². The Bertz CT molecular complexity index is 512. The minimum atomic E-state index is 0.481. The second-order valence-electron chi connectivity index (χ2n) is 4.34. The van der Waals surface area contributed by atoms with E-state index in [0.29, 0.717) is 6.04 Å². The van der Waals surface area contributed by atoms with Gasteiger partial charge in [-0.3, -0.25) is 9.58 Å². The van der Waals surface area contributed by atoms with Crippen LogP contribution in [0.2, 0.25) is 0 Å². The zero-order chi connectivity index (χ0) is 11.8. The molecule has 6 nitrogen and oxygen atoms in total. The lowest BCUT2D eigenvalue weighted by Crippen LogP contribution is -2.47. The number of hydrogen-bond donors (Lipinski definition) is 0. The Balaban J connectivity index is 1.57. The lowest BCUT2D eigenvalue weighted by atomic mass is 10.1. The van der Waals surface area contributed by atoms with Crippen LogP contribution in [0, 0.1) is 0 Å². The summed E-state index contributed by atoms with van der Waals surface area (Å²) in [6.45, 7) is 2.89. The molecule has 17 heavy (non-hydrogen) atoms. The van der Waals surface area contributed by atoms with Crippen LogP contribution in [0.25, 0.3) is 0 Å². The highest BCUT2D eigenvalue weighted by Crippen LogP contribution is 2.23. The van der Waals surface area contributed by atoms with Crippen molar-refractivity contribution < 1.29 is 0 Å². The third-order valence-corrected chi connectivity index (χ3v) is 3.46. The second-order valence-corrected chi connectivity index (χ2v) is 5.26. The minimum absolute atomic E-state index is 0.481. The van der Waals surface area contributed by atoms with E-state index in [0.717, 1.165) is 29.9 Å². The quantitative estimate of drug-likeness (QED) is 0.842. The van der Waals surface area contributed by atoms with E-state index in [1.54, 1.807) is 6.33 Å². The Labute approximate surface area is 107 Å². The number of rotatable bonds is 3. The summed E-state index contributed by atoms with van der Waals surface area (Å²) in [5, 5.41) is 12.3. The van der Waals surface area contributed by atoms with Gasteiger partial charge in [-0.1, -0.05) is 0 Å². The van der Waals surface area contributed by atoms with Crippen LogP contribution in [0.4, 0.5) is 0 Å². The third kappa shape index (κ3) is 2.12. The van der Waals surface area contributed by atoms with Gasteiger partial charge in [0.05, 0.1) is 23.3 Å². The van der Waals surface area contributed by atoms with Gasteiger partial charge in [0.15, 0.2) is 0 Å². The van der Waals surface area contributed by atoms with E-state index in [1.165, 1.54) is 0 Å². The van der Waals surface area contributed by atoms with Gasteiger partial charge in [-0.05, 0) is 15.9 Å². The normalized spacial score (nSPS) is 17.3. The van der Waals surface area contributed by atoms with Gasteiger partial charge in [-0.2, -0.15) is 5.10 Å². The van der Waals surface area contributed by atoms with Crippen LogP contribution in [-0.4, -0.2) is 42.5 Å². The predicted octanol–water partition coefficient (Wildman–Crippen LogP) is 0.831. The molecule has 0 spiro atoms. The molecular weight excluding hydrogens is 284 g/mol. The van der Waals surface area contributed by atoms with Gasteiger partial charge in [0, 0.05) is 26.3 Å². The first-order valence-corrected chi connectivity index (χ1v) is 6.26. The van der Waals surface area contributed by atoms with Crippen molar-refractivity contribution in [2.75, 3.05) is 13.1 Å². The summed E-state index contributed by atoms with van der Waals surface area (Å²) in [6, 6.07) is 0.481. The fraction of sp³-hybridized carbons (Fsp3) is 0.500. The van der Waals surface area contributed by atoms with Crippen molar-refractivity contribution in [2.45, 2.75) is 12.6 Å². The average molecular weight is 297 g/mol. The van der Waals surface area contributed by atoms with Gasteiger partial charge >= 0.3 is 0 Å². The van der Waals surface area contributed by atoms with E-state index < -0.39 is 0 Å². The molecular formula is C10H13BrN6. The van der Waals surface area contributed by atoms with Crippen molar-refractivity contribution >= 4 is 15.9 Å². The van der Waals surface area contributed by atoms with Gasteiger partial charge in [-0.25, -0.2) is 0 Å². The molecule has 1 aliphatic rings. The monoisotopic (exact) mass is 296 g/mol. The molecule has 0 atom stereocenters. The highest BCUT2D eigenvalue weighted by molar-refractivity contribution is 9.10. The minimum Gasteiger partial charge on any atom is -0.320 e. The van der Waals surface area contributed by atoms with Crippen LogP contribution in [0.5, 0.6) is 0 Å². The SMILES string of the molecule is Cn1cnnc1CN1CC(n2cc(Br)cn2)C1. The van der Waals surface area contributed by atoms with E-state index in [4.69, 9.17) is 0 Å². The summed E-state index contributed by atoms with van der Waals surface area (Å²) >= 11 is 3.41. The lowest BCUT2D eigenvalue weighted by molar-refractivity contribution is 0.0870. The Morgan fingerprint density at radius 1 is 1.47 bits per heavy atom. The maximum atomic E-state index is 4.30. The molecule has 3 heterocycles. The topological polar surface area (TPSA) is 51.8 Å². The smallest absolute Gasteiger partial charge is 0.146 e. The van der Waals surface area contributed by atoms with Gasteiger partial charge in [0.2, 0.25) is 0 Å². The van der Waals surface area contributed by atoms with Crippen molar-refractivity contribution in [2.24, 2.45) is 7.05 Å². The Kier molecular flexibility index (Phi) is 2.71. The number of halogens is 1. The van der Waals surface area contributed by atoms with Gasteiger partial charge in [0.25, 0.3) is 0 Å². The Morgan fingerprint density at radius 2 is 2.29 bits per heavy atom. The molecule has 0 N–H and O–H groups in total. The number of likely N-dealkylation sites (tertiary alicyclic amines) is 1. The molecule has 1 aliphatic heterocycles. The van der Waals surface area contributed by atoms with E-state index in [9.17, 15) is 0 Å². The lowest BCUT2D eigenvalue weighted by Gasteiger charge is -2.38. The molecule has 2 aromatic heterocycles. The highest BCUT2D eigenvalue weighted by Gasteiger charge is 2.29. The van der Waals surface area contributed by atoms with E-state index >= 15 is 0 Å². The largest absolute Gasteiger partial charge is 0.320 e. The molecule has 0 unspecified atom stereocenters. The van der Waals surface area contributed by atoms with E-state index in [2.05, 4.69) is 36.1 Å². The molecule has 2 aromatic rings. The first-order valence-electron chi connectivity index (χ1n) is 5.47. The molecule has 0 saturated carbocycles. The van der Waals surface area contributed by atoms with Crippen LogP contribution in [0.15, 0.2) is 23.2 Å². The fourth-order valence-electron chi connectivity index (χ4n) is 2.00. The number of nitrogens with zero attached hydrogens (tertiary/aromatic N) is 6. The molecule has 1 fully saturated rings.